The first-order valence-electron chi connectivity index (χ1n) is 8.13. The minimum absolute atomic E-state index is 0.0241. The Morgan fingerprint density at radius 2 is 1.41 bits per heavy atom. The van der Waals surface area contributed by atoms with Gasteiger partial charge < -0.3 is 0 Å². The van der Waals surface area contributed by atoms with Gasteiger partial charge in [0.15, 0.2) is 5.65 Å². The van der Waals surface area contributed by atoms with Crippen molar-refractivity contribution in [2.75, 3.05) is 4.90 Å². The van der Waals surface area contributed by atoms with E-state index >= 15 is 0 Å². The van der Waals surface area contributed by atoms with Gasteiger partial charge in [0.25, 0.3) is 0 Å². The normalized spacial score (nSPS) is 11.5. The highest BCUT2D eigenvalue weighted by Crippen LogP contribution is 2.35. The molecule has 4 nitrogen and oxygen atoms in total. The van der Waals surface area contributed by atoms with Crippen molar-refractivity contribution in [1.82, 2.24) is 15.0 Å². The van der Waals surface area contributed by atoms with Crippen LogP contribution in [0.25, 0.3) is 22.4 Å². The zero-order chi connectivity index (χ0) is 18.9. The minimum atomic E-state index is -4.63. The standard InChI is InChI=1S/C20H13F3N4/c21-20(22,23)27(15-9-5-2-6-10-15)18-12-11-16-19(26-18)25-17(13-24-16)14-7-3-1-4-8-14/h1-13H. The Morgan fingerprint density at radius 3 is 2.07 bits per heavy atom. The molecule has 0 bridgehead atoms. The number of aromatic nitrogens is 3. The van der Waals surface area contributed by atoms with Gasteiger partial charge in [-0.15, -0.1) is 13.2 Å². The molecule has 0 radical (unpaired) electrons. The van der Waals surface area contributed by atoms with Crippen LogP contribution in [0.2, 0.25) is 0 Å². The van der Waals surface area contributed by atoms with Crippen molar-refractivity contribution in [1.29, 1.82) is 0 Å². The molecule has 27 heavy (non-hydrogen) atoms. The zero-order valence-electron chi connectivity index (χ0n) is 13.9. The summed E-state index contributed by atoms with van der Waals surface area (Å²) in [5.41, 5.74) is 1.91. The zero-order valence-corrected chi connectivity index (χ0v) is 13.9. The predicted molar refractivity (Wildman–Crippen MR) is 97.4 cm³/mol. The molecule has 0 aliphatic heterocycles. The van der Waals surface area contributed by atoms with Gasteiger partial charge in [-0.05, 0) is 24.3 Å². The molecule has 134 valence electrons. The van der Waals surface area contributed by atoms with Crippen molar-refractivity contribution in [3.8, 4) is 11.3 Å². The summed E-state index contributed by atoms with van der Waals surface area (Å²) in [4.78, 5) is 13.0. The number of pyridine rings is 1. The average molecular weight is 366 g/mol. The van der Waals surface area contributed by atoms with E-state index in [4.69, 9.17) is 0 Å². The number of anilines is 2. The quantitative estimate of drug-likeness (QED) is 0.459. The number of rotatable bonds is 3. The fraction of sp³-hybridized carbons (Fsp3) is 0.0500. The Bertz CT molecular complexity index is 1070. The molecule has 0 unspecified atom stereocenters. The summed E-state index contributed by atoms with van der Waals surface area (Å²) >= 11 is 0. The number of para-hydroxylation sites is 1. The van der Waals surface area contributed by atoms with E-state index < -0.39 is 6.30 Å². The minimum Gasteiger partial charge on any atom is -0.251 e. The first-order chi connectivity index (χ1) is 13.0. The molecule has 0 aliphatic rings. The van der Waals surface area contributed by atoms with E-state index in [9.17, 15) is 13.2 Å². The predicted octanol–water partition coefficient (Wildman–Crippen LogP) is 5.35. The largest absolute Gasteiger partial charge is 0.490 e. The molecule has 4 aromatic rings. The number of hydrogen-bond donors (Lipinski definition) is 0. The summed E-state index contributed by atoms with van der Waals surface area (Å²) in [5.74, 6) is -0.263. The Labute approximate surface area is 153 Å². The Balaban J connectivity index is 1.83. The Hall–Kier alpha value is -3.48. The highest BCUT2D eigenvalue weighted by molar-refractivity contribution is 5.76. The van der Waals surface area contributed by atoms with Crippen molar-refractivity contribution in [3.05, 3.63) is 79.0 Å². The average Bonchev–Trinajstić information content (AvgIpc) is 2.68. The lowest BCUT2D eigenvalue weighted by Crippen LogP contribution is -2.34. The lowest BCUT2D eigenvalue weighted by Gasteiger charge is -2.26. The van der Waals surface area contributed by atoms with Gasteiger partial charge in [0.05, 0.1) is 17.6 Å². The van der Waals surface area contributed by atoms with Crippen LogP contribution in [0, 0.1) is 0 Å². The maximum Gasteiger partial charge on any atom is 0.490 e. The lowest BCUT2D eigenvalue weighted by atomic mass is 10.2. The third-order valence-electron chi connectivity index (χ3n) is 3.96. The molecule has 4 rings (SSSR count). The topological polar surface area (TPSA) is 41.9 Å². The Kier molecular flexibility index (Phi) is 4.19. The van der Waals surface area contributed by atoms with E-state index in [0.29, 0.717) is 11.2 Å². The van der Waals surface area contributed by atoms with Crippen LogP contribution in [-0.4, -0.2) is 21.3 Å². The van der Waals surface area contributed by atoms with Crippen LogP contribution in [0.3, 0.4) is 0 Å². The van der Waals surface area contributed by atoms with E-state index in [0.717, 1.165) is 5.56 Å². The van der Waals surface area contributed by atoms with Gasteiger partial charge in [0.1, 0.15) is 11.3 Å². The van der Waals surface area contributed by atoms with Crippen LogP contribution in [0.15, 0.2) is 79.0 Å². The smallest absolute Gasteiger partial charge is 0.251 e. The number of halogens is 3. The fourth-order valence-corrected chi connectivity index (χ4v) is 2.75. The molecule has 0 fully saturated rings. The molecule has 0 aliphatic carbocycles. The molecule has 0 saturated heterocycles. The van der Waals surface area contributed by atoms with Crippen LogP contribution in [0.4, 0.5) is 24.7 Å². The first-order valence-corrected chi connectivity index (χ1v) is 8.13. The highest BCUT2D eigenvalue weighted by atomic mass is 19.4. The summed E-state index contributed by atoms with van der Waals surface area (Å²) in [6.45, 7) is 0. The lowest BCUT2D eigenvalue weighted by molar-refractivity contribution is -0.121. The molecule has 0 amide bonds. The van der Waals surface area contributed by atoms with Gasteiger partial charge in [-0.2, -0.15) is 0 Å². The van der Waals surface area contributed by atoms with Crippen molar-refractivity contribution in [2.45, 2.75) is 6.30 Å². The molecule has 2 aromatic heterocycles. The number of benzene rings is 2. The van der Waals surface area contributed by atoms with Crippen molar-refractivity contribution >= 4 is 22.7 Å². The van der Waals surface area contributed by atoms with E-state index in [1.54, 1.807) is 24.4 Å². The number of fused-ring (bicyclic) bond motifs is 1. The third kappa shape index (κ3) is 3.44. The summed E-state index contributed by atoms with van der Waals surface area (Å²) in [5, 5.41) is 0. The van der Waals surface area contributed by atoms with Crippen molar-refractivity contribution < 1.29 is 13.2 Å². The number of hydrogen-bond acceptors (Lipinski definition) is 4. The van der Waals surface area contributed by atoms with Crippen LogP contribution >= 0.6 is 0 Å². The number of alkyl halides is 3. The van der Waals surface area contributed by atoms with Gasteiger partial charge in [-0.1, -0.05) is 48.5 Å². The second-order valence-electron chi connectivity index (χ2n) is 5.77. The highest BCUT2D eigenvalue weighted by Gasteiger charge is 2.39. The van der Waals surface area contributed by atoms with Crippen LogP contribution in [0.5, 0.6) is 0 Å². The molecule has 0 spiro atoms. The fourth-order valence-electron chi connectivity index (χ4n) is 2.75. The van der Waals surface area contributed by atoms with Gasteiger partial charge in [0, 0.05) is 5.56 Å². The summed E-state index contributed by atoms with van der Waals surface area (Å²) in [6.07, 6.45) is -3.05. The van der Waals surface area contributed by atoms with Crippen LogP contribution in [0.1, 0.15) is 0 Å². The Morgan fingerprint density at radius 1 is 0.741 bits per heavy atom. The van der Waals surface area contributed by atoms with E-state index in [1.807, 2.05) is 30.3 Å². The molecular formula is C20H13F3N4. The molecule has 2 heterocycles. The van der Waals surface area contributed by atoms with Gasteiger partial charge >= 0.3 is 6.30 Å². The molecular weight excluding hydrogens is 353 g/mol. The van der Waals surface area contributed by atoms with E-state index in [1.165, 1.54) is 24.3 Å². The van der Waals surface area contributed by atoms with E-state index in [-0.39, 0.29) is 22.1 Å². The van der Waals surface area contributed by atoms with Gasteiger partial charge in [0.2, 0.25) is 0 Å². The molecule has 0 atom stereocenters. The van der Waals surface area contributed by atoms with Crippen LogP contribution in [-0.2, 0) is 0 Å². The summed E-state index contributed by atoms with van der Waals surface area (Å²) in [6, 6.07) is 19.6. The second-order valence-corrected chi connectivity index (χ2v) is 5.77. The number of nitrogens with zero attached hydrogens (tertiary/aromatic N) is 4. The monoisotopic (exact) mass is 366 g/mol. The van der Waals surface area contributed by atoms with Crippen molar-refractivity contribution in [2.24, 2.45) is 0 Å². The van der Waals surface area contributed by atoms with E-state index in [2.05, 4.69) is 15.0 Å². The summed E-state index contributed by atoms with van der Waals surface area (Å²) in [7, 11) is 0. The second kappa shape index (κ2) is 6.68. The van der Waals surface area contributed by atoms with Gasteiger partial charge in [-0.3, -0.25) is 4.98 Å². The third-order valence-corrected chi connectivity index (χ3v) is 3.96. The molecule has 7 heteroatoms. The molecule has 0 saturated carbocycles. The summed E-state index contributed by atoms with van der Waals surface area (Å²) < 4.78 is 41.1. The maximum absolute atomic E-state index is 13.7. The van der Waals surface area contributed by atoms with Crippen LogP contribution < -0.4 is 4.90 Å². The maximum atomic E-state index is 13.7. The molecule has 2 aromatic carbocycles. The van der Waals surface area contributed by atoms with Crippen molar-refractivity contribution in [3.63, 3.8) is 0 Å². The molecule has 0 N–H and O–H groups in total. The first kappa shape index (κ1) is 17.0. The SMILES string of the molecule is FC(F)(F)N(c1ccccc1)c1ccc2ncc(-c3ccccc3)nc2n1. The van der Waals surface area contributed by atoms with Gasteiger partial charge in [-0.25, -0.2) is 14.9 Å².